The van der Waals surface area contributed by atoms with E-state index < -0.39 is 0 Å². The SMILES string of the molecule is [2H]c1c([2H])c(N(c2ccccc2)c2ccccc2)c([2H])c([2H])c1-c1ccc(-c2ccc(N(c3ccccc3)c3ccc(-c4ccccc4)cc3)cc2)cc1. The zero-order valence-electron chi connectivity index (χ0n) is 31.4. The monoisotopic (exact) mass is 644 g/mol. The summed E-state index contributed by atoms with van der Waals surface area (Å²) in [5.74, 6) is 0. The van der Waals surface area contributed by atoms with Crippen molar-refractivity contribution in [2.45, 2.75) is 0 Å². The van der Waals surface area contributed by atoms with Gasteiger partial charge in [0.2, 0.25) is 0 Å². The average molecular weight is 645 g/mol. The molecular weight excluding hydrogens is 605 g/mol. The van der Waals surface area contributed by atoms with Crippen LogP contribution < -0.4 is 9.80 Å². The summed E-state index contributed by atoms with van der Waals surface area (Å²) < 4.78 is 36.4. The molecule has 0 radical (unpaired) electrons. The van der Waals surface area contributed by atoms with E-state index in [1.807, 2.05) is 109 Å². The van der Waals surface area contributed by atoms with Crippen molar-refractivity contribution in [2.24, 2.45) is 0 Å². The van der Waals surface area contributed by atoms with E-state index in [-0.39, 0.29) is 35.4 Å². The molecule has 0 unspecified atom stereocenters. The molecule has 8 rings (SSSR count). The van der Waals surface area contributed by atoms with Gasteiger partial charge in [-0.2, -0.15) is 0 Å². The van der Waals surface area contributed by atoms with E-state index >= 15 is 0 Å². The summed E-state index contributed by atoms with van der Waals surface area (Å²) in [4.78, 5) is 4.03. The van der Waals surface area contributed by atoms with Gasteiger partial charge >= 0.3 is 0 Å². The minimum absolute atomic E-state index is 0.0854. The Kier molecular flexibility index (Phi) is 7.49. The first-order valence-electron chi connectivity index (χ1n) is 18.7. The van der Waals surface area contributed by atoms with Crippen LogP contribution in [0, 0.1) is 0 Å². The minimum Gasteiger partial charge on any atom is -0.311 e. The lowest BCUT2D eigenvalue weighted by molar-refractivity contribution is 1.28. The van der Waals surface area contributed by atoms with Gasteiger partial charge in [0.15, 0.2) is 0 Å². The summed E-state index contributed by atoms with van der Waals surface area (Å²) >= 11 is 0. The van der Waals surface area contributed by atoms with E-state index in [0.29, 0.717) is 5.56 Å². The van der Waals surface area contributed by atoms with Gasteiger partial charge in [-0.3, -0.25) is 0 Å². The van der Waals surface area contributed by atoms with Crippen LogP contribution in [0.25, 0.3) is 33.4 Å². The fourth-order valence-electron chi connectivity index (χ4n) is 6.21. The molecule has 0 saturated carbocycles. The summed E-state index contributed by atoms with van der Waals surface area (Å²) in [6.45, 7) is 0. The summed E-state index contributed by atoms with van der Waals surface area (Å²) in [6.07, 6.45) is 0. The molecule has 0 N–H and O–H groups in total. The van der Waals surface area contributed by atoms with E-state index in [9.17, 15) is 0 Å². The number of hydrogen-bond donors (Lipinski definition) is 0. The van der Waals surface area contributed by atoms with Crippen LogP contribution in [-0.2, 0) is 0 Å². The van der Waals surface area contributed by atoms with Gasteiger partial charge in [-0.05, 0) is 106 Å². The van der Waals surface area contributed by atoms with Gasteiger partial charge in [-0.25, -0.2) is 0 Å². The molecule has 2 heteroatoms. The molecule has 8 aromatic rings. The molecule has 0 aromatic heterocycles. The minimum atomic E-state index is -0.101. The van der Waals surface area contributed by atoms with Gasteiger partial charge in [0.05, 0.1) is 5.48 Å². The second kappa shape index (κ2) is 14.2. The van der Waals surface area contributed by atoms with Crippen LogP contribution in [-0.4, -0.2) is 0 Å². The van der Waals surface area contributed by atoms with Crippen LogP contribution in [0.5, 0.6) is 0 Å². The maximum atomic E-state index is 9.12. The Bertz CT molecular complexity index is 2420. The Morgan fingerprint density at radius 3 is 0.860 bits per heavy atom. The lowest BCUT2D eigenvalue weighted by Crippen LogP contribution is -2.09. The topological polar surface area (TPSA) is 6.48 Å². The summed E-state index contributed by atoms with van der Waals surface area (Å²) in [5.41, 5.74) is 10.1. The second-order valence-electron chi connectivity index (χ2n) is 11.9. The Balaban J connectivity index is 1.10. The average Bonchev–Trinajstić information content (AvgIpc) is 3.24. The second-order valence-corrected chi connectivity index (χ2v) is 11.9. The van der Waals surface area contributed by atoms with Crippen LogP contribution in [0.3, 0.4) is 0 Å². The van der Waals surface area contributed by atoms with Gasteiger partial charge in [0.1, 0.15) is 0 Å². The Morgan fingerprint density at radius 2 is 0.480 bits per heavy atom. The van der Waals surface area contributed by atoms with Gasteiger partial charge in [-0.1, -0.05) is 146 Å². The molecule has 0 aliphatic rings. The summed E-state index contributed by atoms with van der Waals surface area (Å²) in [5, 5.41) is 0. The highest BCUT2D eigenvalue weighted by Gasteiger charge is 2.14. The third-order valence-electron chi connectivity index (χ3n) is 8.74. The van der Waals surface area contributed by atoms with Crippen LogP contribution in [0.4, 0.5) is 34.1 Å². The Labute approximate surface area is 300 Å². The highest BCUT2D eigenvalue weighted by molar-refractivity contribution is 5.81. The molecule has 0 atom stereocenters. The van der Waals surface area contributed by atoms with Crippen LogP contribution in [0.1, 0.15) is 5.48 Å². The first kappa shape index (κ1) is 26.3. The molecule has 0 heterocycles. The number of hydrogen-bond acceptors (Lipinski definition) is 2. The number of anilines is 6. The zero-order valence-corrected chi connectivity index (χ0v) is 27.4. The Hall–Kier alpha value is -6.64. The molecule has 0 aliphatic heterocycles. The van der Waals surface area contributed by atoms with E-state index in [4.69, 9.17) is 5.48 Å². The maximum absolute atomic E-state index is 9.12. The summed E-state index contributed by atoms with van der Waals surface area (Å²) in [6, 6.07) is 64.1. The first-order valence-corrected chi connectivity index (χ1v) is 16.7. The smallest absolute Gasteiger partial charge is 0.0645 e. The van der Waals surface area contributed by atoms with Gasteiger partial charge in [0.25, 0.3) is 0 Å². The number of rotatable bonds is 9. The lowest BCUT2D eigenvalue weighted by atomic mass is 9.99. The summed E-state index contributed by atoms with van der Waals surface area (Å²) in [7, 11) is 0. The van der Waals surface area contributed by atoms with Crippen molar-refractivity contribution >= 4 is 34.1 Å². The largest absolute Gasteiger partial charge is 0.311 e. The standard InChI is InChI=1S/C48H36N2/c1-5-13-37(14-6-1)40-25-31-47(32-26-40)50(45-19-11-4-12-20-45)48-35-29-42(30-36-48)39-23-21-38(22-24-39)41-27-33-46(34-28-41)49(43-15-7-2-8-16-43)44-17-9-3-10-18-44/h1-36H/i27D,28D,33D,34D. The first-order chi connectivity index (χ1) is 26.5. The molecule has 0 bridgehead atoms. The van der Waals surface area contributed by atoms with Crippen molar-refractivity contribution in [3.63, 3.8) is 0 Å². The van der Waals surface area contributed by atoms with Crippen LogP contribution >= 0.6 is 0 Å². The van der Waals surface area contributed by atoms with Gasteiger partial charge in [0, 0.05) is 34.1 Å². The highest BCUT2D eigenvalue weighted by Crippen LogP contribution is 2.38. The third-order valence-corrected chi connectivity index (χ3v) is 8.74. The Morgan fingerprint density at radius 1 is 0.220 bits per heavy atom. The molecule has 0 spiro atoms. The van der Waals surface area contributed by atoms with Crippen LogP contribution in [0.15, 0.2) is 218 Å². The van der Waals surface area contributed by atoms with Gasteiger partial charge in [-0.15, -0.1) is 0 Å². The molecule has 0 amide bonds. The predicted molar refractivity (Wildman–Crippen MR) is 212 cm³/mol. The number of benzene rings is 8. The molecule has 0 aliphatic carbocycles. The quantitative estimate of drug-likeness (QED) is 0.154. The van der Waals surface area contributed by atoms with E-state index in [0.717, 1.165) is 45.1 Å². The molecule has 238 valence electrons. The molecule has 50 heavy (non-hydrogen) atoms. The fraction of sp³-hybridized carbons (Fsp3) is 0. The zero-order chi connectivity index (χ0) is 37.0. The van der Waals surface area contributed by atoms with E-state index in [1.165, 1.54) is 5.56 Å². The molecule has 0 fully saturated rings. The van der Waals surface area contributed by atoms with Crippen molar-refractivity contribution in [1.82, 2.24) is 0 Å². The fourth-order valence-corrected chi connectivity index (χ4v) is 6.21. The van der Waals surface area contributed by atoms with Crippen molar-refractivity contribution < 1.29 is 5.48 Å². The number of nitrogens with zero attached hydrogens (tertiary/aromatic N) is 2. The molecule has 2 nitrogen and oxygen atoms in total. The van der Waals surface area contributed by atoms with E-state index in [1.54, 1.807) is 4.90 Å². The van der Waals surface area contributed by atoms with Crippen molar-refractivity contribution in [1.29, 1.82) is 0 Å². The van der Waals surface area contributed by atoms with Gasteiger partial charge < -0.3 is 9.80 Å². The van der Waals surface area contributed by atoms with Crippen molar-refractivity contribution in [3.05, 3.63) is 218 Å². The van der Waals surface area contributed by atoms with Crippen molar-refractivity contribution in [3.8, 4) is 33.4 Å². The normalized spacial score (nSPS) is 11.9. The third kappa shape index (κ3) is 6.56. The molecule has 0 saturated heterocycles. The maximum Gasteiger partial charge on any atom is 0.0645 e. The van der Waals surface area contributed by atoms with Crippen LogP contribution in [0.2, 0.25) is 0 Å². The van der Waals surface area contributed by atoms with Crippen molar-refractivity contribution in [2.75, 3.05) is 9.80 Å². The molecule has 8 aromatic carbocycles. The lowest BCUT2D eigenvalue weighted by Gasteiger charge is -2.26. The predicted octanol–water partition coefficient (Wildman–Crippen LogP) is 13.6. The number of para-hydroxylation sites is 3. The van der Waals surface area contributed by atoms with E-state index in [2.05, 4.69) is 89.8 Å². The highest BCUT2D eigenvalue weighted by atomic mass is 15.1. The molecular formula is C48H36N2.